The minimum atomic E-state index is 0.349. The van der Waals surface area contributed by atoms with Gasteiger partial charge in [0.1, 0.15) is 0 Å². The van der Waals surface area contributed by atoms with E-state index in [9.17, 15) is 0 Å². The topological polar surface area (TPSA) is 24.0 Å². The van der Waals surface area contributed by atoms with Gasteiger partial charge in [0, 0.05) is 6.04 Å². The SMILES string of the molecule is CCN(CC)CCCC(C)n1c(=S)[nH]c2cccc(Cl)c21. The lowest BCUT2D eigenvalue weighted by Gasteiger charge is -2.20. The lowest BCUT2D eigenvalue weighted by molar-refractivity contribution is 0.288. The number of fused-ring (bicyclic) bond motifs is 1. The molecule has 0 aliphatic carbocycles. The van der Waals surface area contributed by atoms with E-state index in [0.717, 1.165) is 46.9 Å². The Bertz CT molecular complexity index is 642. The van der Waals surface area contributed by atoms with Gasteiger partial charge >= 0.3 is 0 Å². The smallest absolute Gasteiger partial charge is 0.178 e. The molecule has 1 unspecified atom stereocenters. The van der Waals surface area contributed by atoms with Crippen LogP contribution in [0, 0.1) is 4.77 Å². The van der Waals surface area contributed by atoms with Crippen molar-refractivity contribution in [1.29, 1.82) is 0 Å². The fraction of sp³-hybridized carbons (Fsp3) is 0.562. The summed E-state index contributed by atoms with van der Waals surface area (Å²) in [6.07, 6.45) is 2.27. The summed E-state index contributed by atoms with van der Waals surface area (Å²) in [6.45, 7) is 10.0. The van der Waals surface area contributed by atoms with Crippen molar-refractivity contribution >= 4 is 34.9 Å². The largest absolute Gasteiger partial charge is 0.331 e. The van der Waals surface area contributed by atoms with Crippen LogP contribution in [0.1, 0.15) is 39.7 Å². The summed E-state index contributed by atoms with van der Waals surface area (Å²) in [4.78, 5) is 5.71. The summed E-state index contributed by atoms with van der Waals surface area (Å²) in [7, 11) is 0. The van der Waals surface area contributed by atoms with Gasteiger partial charge in [-0.05, 0) is 63.8 Å². The normalized spacial score (nSPS) is 13.2. The Morgan fingerprint density at radius 1 is 1.33 bits per heavy atom. The monoisotopic (exact) mass is 325 g/mol. The maximum atomic E-state index is 6.35. The van der Waals surface area contributed by atoms with E-state index in [2.05, 4.69) is 35.2 Å². The first kappa shape index (κ1) is 16.5. The molecule has 0 radical (unpaired) electrons. The molecule has 0 aliphatic rings. The third-order valence-corrected chi connectivity index (χ3v) is 4.72. The molecular formula is C16H24ClN3S. The molecule has 2 rings (SSSR count). The first-order valence-corrected chi connectivity index (χ1v) is 8.48. The van der Waals surface area contributed by atoms with Crippen molar-refractivity contribution in [3.8, 4) is 0 Å². The number of nitrogens with one attached hydrogen (secondary N) is 1. The van der Waals surface area contributed by atoms with Gasteiger partial charge in [-0.3, -0.25) is 0 Å². The molecule has 3 nitrogen and oxygen atoms in total. The van der Waals surface area contributed by atoms with Crippen LogP contribution in [0.15, 0.2) is 18.2 Å². The summed E-state index contributed by atoms with van der Waals surface area (Å²) in [6, 6.07) is 6.24. The van der Waals surface area contributed by atoms with Crippen LogP contribution < -0.4 is 0 Å². The second-order valence-corrected chi connectivity index (χ2v) is 6.25. The van der Waals surface area contributed by atoms with E-state index in [4.69, 9.17) is 23.8 Å². The number of halogens is 1. The molecule has 1 N–H and O–H groups in total. The summed E-state index contributed by atoms with van der Waals surface area (Å²) >= 11 is 11.8. The van der Waals surface area contributed by atoms with Gasteiger partial charge < -0.3 is 14.5 Å². The van der Waals surface area contributed by atoms with E-state index in [1.807, 2.05) is 18.2 Å². The summed E-state index contributed by atoms with van der Waals surface area (Å²) in [5, 5.41) is 0.760. The summed E-state index contributed by atoms with van der Waals surface area (Å²) in [5.74, 6) is 0. The molecular weight excluding hydrogens is 302 g/mol. The number of imidazole rings is 1. The van der Waals surface area contributed by atoms with Crippen LogP contribution in [0.2, 0.25) is 5.02 Å². The number of H-pyrrole nitrogens is 1. The van der Waals surface area contributed by atoms with Crippen LogP contribution in [0.25, 0.3) is 11.0 Å². The Morgan fingerprint density at radius 2 is 2.05 bits per heavy atom. The van der Waals surface area contributed by atoms with Crippen LogP contribution in [0.4, 0.5) is 0 Å². The Morgan fingerprint density at radius 3 is 2.71 bits per heavy atom. The van der Waals surface area contributed by atoms with Crippen LogP contribution in [-0.4, -0.2) is 34.1 Å². The maximum absolute atomic E-state index is 6.35. The maximum Gasteiger partial charge on any atom is 0.178 e. The number of aromatic nitrogens is 2. The van der Waals surface area contributed by atoms with E-state index in [1.165, 1.54) is 6.42 Å². The molecule has 0 spiro atoms. The number of benzene rings is 1. The third-order valence-electron chi connectivity index (χ3n) is 4.12. The molecule has 0 saturated carbocycles. The Kier molecular flexibility index (Phi) is 5.85. The average Bonchev–Trinajstić information content (AvgIpc) is 2.81. The highest BCUT2D eigenvalue weighted by Gasteiger charge is 2.13. The predicted molar refractivity (Wildman–Crippen MR) is 93.9 cm³/mol. The van der Waals surface area contributed by atoms with E-state index in [0.29, 0.717) is 6.04 Å². The summed E-state index contributed by atoms with van der Waals surface area (Å²) in [5.41, 5.74) is 2.04. The molecule has 5 heteroatoms. The van der Waals surface area contributed by atoms with E-state index < -0.39 is 0 Å². The van der Waals surface area contributed by atoms with Gasteiger partial charge in [0.15, 0.2) is 4.77 Å². The van der Waals surface area contributed by atoms with Crippen LogP contribution in [0.5, 0.6) is 0 Å². The number of hydrogen-bond donors (Lipinski definition) is 1. The predicted octanol–water partition coefficient (Wildman–Crippen LogP) is 5.04. The number of rotatable bonds is 7. The second-order valence-electron chi connectivity index (χ2n) is 5.45. The zero-order valence-electron chi connectivity index (χ0n) is 13.0. The molecule has 0 aliphatic heterocycles. The van der Waals surface area contributed by atoms with Gasteiger partial charge in [-0.2, -0.15) is 0 Å². The highest BCUT2D eigenvalue weighted by Crippen LogP contribution is 2.27. The van der Waals surface area contributed by atoms with E-state index in [-0.39, 0.29) is 0 Å². The van der Waals surface area contributed by atoms with Crippen LogP contribution in [-0.2, 0) is 0 Å². The molecule has 0 amide bonds. The molecule has 1 aromatic heterocycles. The molecule has 1 aromatic carbocycles. The van der Waals surface area contributed by atoms with Crippen molar-refractivity contribution in [2.75, 3.05) is 19.6 Å². The van der Waals surface area contributed by atoms with Crippen LogP contribution >= 0.6 is 23.8 Å². The molecule has 0 bridgehead atoms. The van der Waals surface area contributed by atoms with Crippen LogP contribution in [0.3, 0.4) is 0 Å². The van der Waals surface area contributed by atoms with Crippen molar-refractivity contribution in [3.05, 3.63) is 28.0 Å². The highest BCUT2D eigenvalue weighted by molar-refractivity contribution is 7.71. The third kappa shape index (κ3) is 3.68. The molecule has 1 heterocycles. The van der Waals surface area contributed by atoms with Crippen molar-refractivity contribution in [2.24, 2.45) is 0 Å². The standard InChI is InChI=1S/C16H24ClN3S/c1-4-19(5-2)11-7-8-12(3)20-15-13(17)9-6-10-14(15)18-16(20)21/h6,9-10,12H,4-5,7-8,11H2,1-3H3,(H,18,21). The molecule has 2 aromatic rings. The van der Waals surface area contributed by atoms with Crippen molar-refractivity contribution in [3.63, 3.8) is 0 Å². The van der Waals surface area contributed by atoms with Gasteiger partial charge in [-0.25, -0.2) is 0 Å². The Labute approximate surface area is 136 Å². The van der Waals surface area contributed by atoms with E-state index in [1.54, 1.807) is 0 Å². The lowest BCUT2D eigenvalue weighted by Crippen LogP contribution is -2.24. The van der Waals surface area contributed by atoms with Crippen molar-refractivity contribution in [2.45, 2.75) is 39.7 Å². The number of para-hydroxylation sites is 1. The van der Waals surface area contributed by atoms with Gasteiger partial charge in [0.25, 0.3) is 0 Å². The molecule has 116 valence electrons. The van der Waals surface area contributed by atoms with Gasteiger partial charge in [-0.1, -0.05) is 31.5 Å². The minimum Gasteiger partial charge on any atom is -0.331 e. The number of nitrogens with zero attached hydrogens (tertiary/aromatic N) is 2. The minimum absolute atomic E-state index is 0.349. The number of aromatic amines is 1. The molecule has 1 atom stereocenters. The van der Waals surface area contributed by atoms with Gasteiger partial charge in [-0.15, -0.1) is 0 Å². The van der Waals surface area contributed by atoms with E-state index >= 15 is 0 Å². The second kappa shape index (κ2) is 7.43. The first-order valence-electron chi connectivity index (χ1n) is 7.69. The van der Waals surface area contributed by atoms with Crippen molar-refractivity contribution in [1.82, 2.24) is 14.5 Å². The van der Waals surface area contributed by atoms with Gasteiger partial charge in [0.05, 0.1) is 16.1 Å². The first-order chi connectivity index (χ1) is 10.1. The molecule has 21 heavy (non-hydrogen) atoms. The zero-order valence-corrected chi connectivity index (χ0v) is 14.6. The average molecular weight is 326 g/mol. The summed E-state index contributed by atoms with van der Waals surface area (Å²) < 4.78 is 2.92. The molecule has 0 fully saturated rings. The molecule has 0 saturated heterocycles. The fourth-order valence-electron chi connectivity index (χ4n) is 2.84. The Balaban J connectivity index is 2.14. The fourth-order valence-corrected chi connectivity index (χ4v) is 3.48. The van der Waals surface area contributed by atoms with Crippen molar-refractivity contribution < 1.29 is 0 Å². The van der Waals surface area contributed by atoms with Gasteiger partial charge in [0.2, 0.25) is 0 Å². The number of hydrogen-bond acceptors (Lipinski definition) is 2. The quantitative estimate of drug-likeness (QED) is 0.721. The highest BCUT2D eigenvalue weighted by atomic mass is 35.5. The lowest BCUT2D eigenvalue weighted by atomic mass is 10.1. The Hall–Kier alpha value is -0.840. The zero-order chi connectivity index (χ0) is 15.4.